The smallest absolute Gasteiger partial charge is 0.410 e. The lowest BCUT2D eigenvalue weighted by Gasteiger charge is -2.33. The van der Waals surface area contributed by atoms with Crippen molar-refractivity contribution in [3.8, 4) is 0 Å². The normalized spacial score (nSPS) is 16.3. The summed E-state index contributed by atoms with van der Waals surface area (Å²) >= 11 is 1.68. The number of rotatable bonds is 5. The van der Waals surface area contributed by atoms with E-state index in [2.05, 4.69) is 34.5 Å². The number of aliphatic imine (C=N–C) groups is 1. The van der Waals surface area contributed by atoms with E-state index in [4.69, 9.17) is 4.74 Å². The van der Waals surface area contributed by atoms with E-state index in [0.717, 1.165) is 50.0 Å². The molecule has 2 heterocycles. The van der Waals surface area contributed by atoms with Crippen molar-refractivity contribution in [2.45, 2.75) is 59.6 Å². The third kappa shape index (κ3) is 7.74. The summed E-state index contributed by atoms with van der Waals surface area (Å²) in [5.41, 5.74) is -0.442. The molecule has 8 heteroatoms. The van der Waals surface area contributed by atoms with E-state index in [-0.39, 0.29) is 6.09 Å². The van der Waals surface area contributed by atoms with Gasteiger partial charge in [-0.2, -0.15) is 0 Å². The first-order valence-electron chi connectivity index (χ1n) is 9.68. The van der Waals surface area contributed by atoms with Gasteiger partial charge in [0.05, 0.1) is 6.54 Å². The van der Waals surface area contributed by atoms with Gasteiger partial charge in [-0.15, -0.1) is 11.3 Å². The maximum atomic E-state index is 12.1. The molecule has 152 valence electrons. The van der Waals surface area contributed by atoms with Crippen LogP contribution in [0.1, 0.15) is 50.4 Å². The Kier molecular flexibility index (Phi) is 7.89. The SMILES string of the molecule is CCNC(=NCc1ncc(C)s1)NCC1CCN(C(=O)OC(C)(C)C)CC1. The summed E-state index contributed by atoms with van der Waals surface area (Å²) in [7, 11) is 0. The van der Waals surface area contributed by atoms with Gasteiger partial charge < -0.3 is 20.3 Å². The van der Waals surface area contributed by atoms with Crippen LogP contribution in [0.2, 0.25) is 0 Å². The first-order chi connectivity index (χ1) is 12.8. The van der Waals surface area contributed by atoms with Crippen LogP contribution in [0.3, 0.4) is 0 Å². The molecule has 1 saturated heterocycles. The van der Waals surface area contributed by atoms with Gasteiger partial charge in [0.25, 0.3) is 0 Å². The highest BCUT2D eigenvalue weighted by molar-refractivity contribution is 7.11. The molecule has 0 radical (unpaired) electrons. The number of aromatic nitrogens is 1. The molecule has 2 N–H and O–H groups in total. The molecule has 2 rings (SSSR count). The fraction of sp³-hybridized carbons (Fsp3) is 0.737. The minimum absolute atomic E-state index is 0.206. The predicted molar refractivity (Wildman–Crippen MR) is 110 cm³/mol. The van der Waals surface area contributed by atoms with Crippen molar-refractivity contribution in [2.75, 3.05) is 26.2 Å². The molecule has 1 fully saturated rings. The summed E-state index contributed by atoms with van der Waals surface area (Å²) in [5, 5.41) is 7.74. The Balaban J connectivity index is 1.77. The number of likely N-dealkylation sites (tertiary alicyclic amines) is 1. The topological polar surface area (TPSA) is 78.9 Å². The lowest BCUT2D eigenvalue weighted by Crippen LogP contribution is -2.45. The number of nitrogens with one attached hydrogen (secondary N) is 2. The summed E-state index contributed by atoms with van der Waals surface area (Å²) in [6.45, 7) is 13.6. The van der Waals surface area contributed by atoms with Crippen LogP contribution in [0.25, 0.3) is 0 Å². The van der Waals surface area contributed by atoms with Crippen LogP contribution in [-0.4, -0.2) is 53.7 Å². The molecular weight excluding hydrogens is 362 g/mol. The molecule has 1 aromatic rings. The molecule has 1 aliphatic rings. The second-order valence-electron chi connectivity index (χ2n) is 7.85. The van der Waals surface area contributed by atoms with E-state index in [1.807, 2.05) is 31.9 Å². The molecule has 0 spiro atoms. The molecule has 0 bridgehead atoms. The summed E-state index contributed by atoms with van der Waals surface area (Å²) in [6, 6.07) is 0. The van der Waals surface area contributed by atoms with Crippen LogP contribution in [0.15, 0.2) is 11.2 Å². The van der Waals surface area contributed by atoms with Crippen molar-refractivity contribution in [1.29, 1.82) is 0 Å². The van der Waals surface area contributed by atoms with E-state index >= 15 is 0 Å². The van der Waals surface area contributed by atoms with E-state index in [0.29, 0.717) is 12.5 Å². The quantitative estimate of drug-likeness (QED) is 0.591. The molecule has 0 aliphatic carbocycles. The van der Waals surface area contributed by atoms with E-state index in [9.17, 15) is 4.79 Å². The molecule has 0 atom stereocenters. The zero-order valence-corrected chi connectivity index (χ0v) is 18.0. The molecule has 1 aliphatic heterocycles. The highest BCUT2D eigenvalue weighted by atomic mass is 32.1. The fourth-order valence-corrected chi connectivity index (χ4v) is 3.56. The molecular formula is C19H33N5O2S. The first kappa shape index (κ1) is 21.5. The third-order valence-corrected chi connectivity index (χ3v) is 5.11. The monoisotopic (exact) mass is 395 g/mol. The summed E-state index contributed by atoms with van der Waals surface area (Å²) in [5.74, 6) is 1.34. The number of hydrogen-bond acceptors (Lipinski definition) is 5. The van der Waals surface area contributed by atoms with E-state index in [1.54, 1.807) is 11.3 Å². The lowest BCUT2D eigenvalue weighted by atomic mass is 9.97. The number of thiazole rings is 1. The van der Waals surface area contributed by atoms with Crippen LogP contribution in [0.4, 0.5) is 4.79 Å². The summed E-state index contributed by atoms with van der Waals surface area (Å²) in [4.78, 5) is 24.1. The second-order valence-corrected chi connectivity index (χ2v) is 9.17. The number of guanidine groups is 1. The van der Waals surface area contributed by atoms with Gasteiger partial charge in [-0.25, -0.2) is 14.8 Å². The van der Waals surface area contributed by atoms with Crippen LogP contribution >= 0.6 is 11.3 Å². The zero-order chi connectivity index (χ0) is 19.9. The molecule has 7 nitrogen and oxygen atoms in total. The van der Waals surface area contributed by atoms with Gasteiger partial charge >= 0.3 is 6.09 Å². The second kappa shape index (κ2) is 9.92. The Morgan fingerprint density at radius 2 is 2.07 bits per heavy atom. The predicted octanol–water partition coefficient (Wildman–Crippen LogP) is 3.15. The number of hydrogen-bond donors (Lipinski definition) is 2. The van der Waals surface area contributed by atoms with E-state index < -0.39 is 5.60 Å². The molecule has 1 amide bonds. The van der Waals surface area contributed by atoms with Gasteiger partial charge in [0.2, 0.25) is 0 Å². The Bertz CT molecular complexity index is 630. The van der Waals surface area contributed by atoms with Crippen LogP contribution < -0.4 is 10.6 Å². The van der Waals surface area contributed by atoms with Crippen molar-refractivity contribution in [3.63, 3.8) is 0 Å². The molecule has 0 aromatic carbocycles. The Labute approximate surface area is 166 Å². The molecule has 1 aromatic heterocycles. The van der Waals surface area contributed by atoms with Crippen molar-refractivity contribution in [2.24, 2.45) is 10.9 Å². The molecule has 27 heavy (non-hydrogen) atoms. The van der Waals surface area contributed by atoms with Gasteiger partial charge in [0, 0.05) is 37.3 Å². The fourth-order valence-electron chi connectivity index (χ4n) is 2.85. The number of aryl methyl sites for hydroxylation is 1. The first-order valence-corrected chi connectivity index (χ1v) is 10.5. The van der Waals surface area contributed by atoms with E-state index in [1.165, 1.54) is 4.88 Å². The Morgan fingerprint density at radius 1 is 1.37 bits per heavy atom. The van der Waals surface area contributed by atoms with Crippen molar-refractivity contribution >= 4 is 23.4 Å². The number of ether oxygens (including phenoxy) is 1. The minimum atomic E-state index is -0.442. The number of amides is 1. The summed E-state index contributed by atoms with van der Waals surface area (Å²) < 4.78 is 5.46. The van der Waals surface area contributed by atoms with Crippen LogP contribution in [0, 0.1) is 12.8 Å². The zero-order valence-electron chi connectivity index (χ0n) is 17.2. The number of nitrogens with zero attached hydrogens (tertiary/aromatic N) is 3. The average Bonchev–Trinajstić information content (AvgIpc) is 3.01. The van der Waals surface area contributed by atoms with Crippen molar-refractivity contribution < 1.29 is 9.53 Å². The van der Waals surface area contributed by atoms with Gasteiger partial charge in [-0.1, -0.05) is 0 Å². The number of carbonyl (C=O) groups is 1. The van der Waals surface area contributed by atoms with Crippen molar-refractivity contribution in [1.82, 2.24) is 20.5 Å². The lowest BCUT2D eigenvalue weighted by molar-refractivity contribution is 0.0185. The number of piperidine rings is 1. The molecule has 0 unspecified atom stereocenters. The van der Waals surface area contributed by atoms with Gasteiger partial charge in [-0.3, -0.25) is 0 Å². The number of carbonyl (C=O) groups excluding carboxylic acids is 1. The minimum Gasteiger partial charge on any atom is -0.444 e. The standard InChI is InChI=1S/C19H33N5O2S/c1-6-20-17(23-13-16-21-11-14(2)27-16)22-12-15-7-9-24(10-8-15)18(25)26-19(3,4)5/h11,15H,6-10,12-13H2,1-5H3,(H2,20,22,23). The van der Waals surface area contributed by atoms with Gasteiger partial charge in [0.1, 0.15) is 10.6 Å². The largest absolute Gasteiger partial charge is 0.444 e. The van der Waals surface area contributed by atoms with Crippen LogP contribution in [-0.2, 0) is 11.3 Å². The maximum Gasteiger partial charge on any atom is 0.410 e. The average molecular weight is 396 g/mol. The van der Waals surface area contributed by atoms with Crippen molar-refractivity contribution in [3.05, 3.63) is 16.1 Å². The highest BCUT2D eigenvalue weighted by Gasteiger charge is 2.26. The van der Waals surface area contributed by atoms with Crippen LogP contribution in [0.5, 0.6) is 0 Å². The molecule has 0 saturated carbocycles. The third-order valence-electron chi connectivity index (χ3n) is 4.21. The van der Waals surface area contributed by atoms with Gasteiger partial charge in [-0.05, 0) is 53.4 Å². The summed E-state index contributed by atoms with van der Waals surface area (Å²) in [6.07, 6.45) is 3.62. The highest BCUT2D eigenvalue weighted by Crippen LogP contribution is 2.19. The Hall–Kier alpha value is -1.83. The Morgan fingerprint density at radius 3 is 2.63 bits per heavy atom. The van der Waals surface area contributed by atoms with Gasteiger partial charge in [0.15, 0.2) is 5.96 Å². The maximum absolute atomic E-state index is 12.1.